The minimum absolute atomic E-state index is 0. The molecular formula is C12H7Cl2N2NaO5S. The van der Waals surface area contributed by atoms with Crippen LogP contribution in [0.15, 0.2) is 44.9 Å². The number of benzene rings is 1. The van der Waals surface area contributed by atoms with Gasteiger partial charge in [-0.15, -0.1) is 0 Å². The second-order valence-electron chi connectivity index (χ2n) is 3.93. The van der Waals surface area contributed by atoms with E-state index in [-0.39, 0.29) is 45.9 Å². The molecule has 116 valence electrons. The molecule has 1 amide bonds. The van der Waals surface area contributed by atoms with E-state index in [9.17, 15) is 17.8 Å². The predicted molar refractivity (Wildman–Crippen MR) is 78.2 cm³/mol. The summed E-state index contributed by atoms with van der Waals surface area (Å²) in [6, 6.07) is 6.52. The fourth-order valence-corrected chi connectivity index (χ4v) is 2.35. The van der Waals surface area contributed by atoms with Gasteiger partial charge in [0.1, 0.15) is 5.76 Å². The largest absolute Gasteiger partial charge is 1.00 e. The number of carbonyl (C=O) groups is 1. The van der Waals surface area contributed by atoms with E-state index in [0.29, 0.717) is 5.02 Å². The van der Waals surface area contributed by atoms with Gasteiger partial charge in [0.25, 0.3) is 5.91 Å². The number of amides is 1. The van der Waals surface area contributed by atoms with Gasteiger partial charge >= 0.3 is 29.6 Å². The van der Waals surface area contributed by atoms with Gasteiger partial charge in [-0.3, -0.25) is 4.79 Å². The van der Waals surface area contributed by atoms with Crippen molar-refractivity contribution in [2.75, 3.05) is 0 Å². The number of hydrazone groups is 1. The molecule has 1 aromatic carbocycles. The number of rotatable bonds is 4. The van der Waals surface area contributed by atoms with Gasteiger partial charge in [0.15, 0.2) is 10.1 Å². The van der Waals surface area contributed by atoms with Crippen molar-refractivity contribution in [3.8, 4) is 0 Å². The van der Waals surface area contributed by atoms with Crippen LogP contribution in [0.1, 0.15) is 16.1 Å². The number of nitrogens with zero attached hydrogens (tertiary/aromatic N) is 1. The molecule has 0 saturated carbocycles. The topological polar surface area (TPSA) is 112 Å². The second-order valence-corrected chi connectivity index (χ2v) is 6.09. The summed E-state index contributed by atoms with van der Waals surface area (Å²) in [7, 11) is -4.67. The number of nitrogens with one attached hydrogen (secondary N) is 1. The van der Waals surface area contributed by atoms with Crippen molar-refractivity contribution in [3.05, 3.63) is 51.7 Å². The summed E-state index contributed by atoms with van der Waals surface area (Å²) < 4.78 is 36.8. The van der Waals surface area contributed by atoms with Gasteiger partial charge in [0.05, 0.1) is 16.8 Å². The Hall–Kier alpha value is -0.870. The molecule has 0 aliphatic rings. The van der Waals surface area contributed by atoms with Crippen LogP contribution < -0.4 is 35.0 Å². The zero-order chi connectivity index (χ0) is 16.3. The van der Waals surface area contributed by atoms with Gasteiger partial charge in [0.2, 0.25) is 5.09 Å². The van der Waals surface area contributed by atoms with Crippen molar-refractivity contribution in [2.45, 2.75) is 5.09 Å². The van der Waals surface area contributed by atoms with Crippen molar-refractivity contribution in [1.29, 1.82) is 0 Å². The predicted octanol–water partition coefficient (Wildman–Crippen LogP) is -0.742. The molecule has 0 aliphatic carbocycles. The molecule has 23 heavy (non-hydrogen) atoms. The maximum atomic E-state index is 11.8. The third-order valence-electron chi connectivity index (χ3n) is 2.38. The average molecular weight is 385 g/mol. The van der Waals surface area contributed by atoms with Crippen molar-refractivity contribution >= 4 is 45.4 Å². The summed E-state index contributed by atoms with van der Waals surface area (Å²) in [4.78, 5) is 11.8. The minimum Gasteiger partial charge on any atom is -0.742 e. The number of hydrogen-bond donors (Lipinski definition) is 1. The zero-order valence-electron chi connectivity index (χ0n) is 11.6. The van der Waals surface area contributed by atoms with Gasteiger partial charge in [0, 0.05) is 5.02 Å². The maximum absolute atomic E-state index is 11.8. The van der Waals surface area contributed by atoms with Crippen LogP contribution in [0.3, 0.4) is 0 Å². The molecule has 1 aromatic heterocycles. The monoisotopic (exact) mass is 384 g/mol. The summed E-state index contributed by atoms with van der Waals surface area (Å²) in [5, 5.41) is 3.37. The first-order valence-corrected chi connectivity index (χ1v) is 7.78. The summed E-state index contributed by atoms with van der Waals surface area (Å²) in [5.74, 6) is -0.613. The Morgan fingerprint density at radius 1 is 1.26 bits per heavy atom. The van der Waals surface area contributed by atoms with Gasteiger partial charge in [-0.2, -0.15) is 5.10 Å². The van der Waals surface area contributed by atoms with Crippen molar-refractivity contribution < 1.29 is 51.7 Å². The van der Waals surface area contributed by atoms with Crippen LogP contribution in [0.4, 0.5) is 0 Å². The number of carbonyl (C=O) groups excluding carboxylic acids is 1. The second kappa shape index (κ2) is 8.29. The average Bonchev–Trinajstić information content (AvgIpc) is 2.87. The smallest absolute Gasteiger partial charge is 0.742 e. The van der Waals surface area contributed by atoms with E-state index in [1.807, 2.05) is 0 Å². The van der Waals surface area contributed by atoms with E-state index in [1.54, 1.807) is 0 Å². The molecule has 0 fully saturated rings. The number of furan rings is 1. The summed E-state index contributed by atoms with van der Waals surface area (Å²) in [5.41, 5.74) is 2.33. The summed E-state index contributed by atoms with van der Waals surface area (Å²) in [6.45, 7) is 0. The molecule has 0 saturated heterocycles. The van der Waals surface area contributed by atoms with Crippen molar-refractivity contribution in [3.63, 3.8) is 0 Å². The van der Waals surface area contributed by atoms with Gasteiger partial charge < -0.3 is 8.97 Å². The molecule has 7 nitrogen and oxygen atoms in total. The van der Waals surface area contributed by atoms with Crippen LogP contribution in [0.2, 0.25) is 10.0 Å². The maximum Gasteiger partial charge on any atom is 1.00 e. The zero-order valence-corrected chi connectivity index (χ0v) is 15.9. The molecular weight excluding hydrogens is 378 g/mol. The molecule has 11 heteroatoms. The van der Waals surface area contributed by atoms with E-state index >= 15 is 0 Å². The van der Waals surface area contributed by atoms with E-state index in [4.69, 9.17) is 27.6 Å². The van der Waals surface area contributed by atoms with Crippen molar-refractivity contribution in [1.82, 2.24) is 5.43 Å². The summed E-state index contributed by atoms with van der Waals surface area (Å²) in [6.07, 6.45) is 1.04. The van der Waals surface area contributed by atoms with Crippen LogP contribution in [0.5, 0.6) is 0 Å². The Morgan fingerprint density at radius 2 is 1.96 bits per heavy atom. The SMILES string of the molecule is O=C(NN=Cc1ccc(S(=O)(=O)[O-])o1)c1ccc(Cl)cc1Cl.[Na+]. The van der Waals surface area contributed by atoms with E-state index in [1.165, 1.54) is 24.3 Å². The molecule has 2 rings (SSSR count). The first kappa shape index (κ1) is 20.2. The van der Waals surface area contributed by atoms with E-state index in [0.717, 1.165) is 12.3 Å². The Balaban J connectivity index is 0.00000264. The molecule has 0 unspecified atom stereocenters. The van der Waals surface area contributed by atoms with Gasteiger partial charge in [-0.25, -0.2) is 13.8 Å². The molecule has 0 bridgehead atoms. The number of hydrogen-bond acceptors (Lipinski definition) is 6. The van der Waals surface area contributed by atoms with Gasteiger partial charge in [-0.05, 0) is 30.3 Å². The molecule has 0 radical (unpaired) electrons. The minimum atomic E-state index is -4.67. The van der Waals surface area contributed by atoms with Crippen LogP contribution in [0, 0.1) is 0 Å². The first-order chi connectivity index (χ1) is 10.3. The fraction of sp³-hybridized carbons (Fsp3) is 0. The molecule has 1 N–H and O–H groups in total. The standard InChI is InChI=1S/C12H8Cl2N2O5S.Na/c13-7-1-3-9(10(14)5-7)12(17)16-15-6-8-2-4-11(21-8)22(18,19)20;/h1-6H,(H,16,17)(H,18,19,20);/q;+1/p-1. The molecule has 0 spiro atoms. The molecule has 0 atom stereocenters. The summed E-state index contributed by atoms with van der Waals surface area (Å²) >= 11 is 11.6. The van der Waals surface area contributed by atoms with Gasteiger partial charge in [-0.1, -0.05) is 23.2 Å². The third kappa shape index (κ3) is 5.61. The molecule has 0 aliphatic heterocycles. The van der Waals surface area contributed by atoms with Crippen LogP contribution in [0.25, 0.3) is 0 Å². The quantitative estimate of drug-likeness (QED) is 0.323. The Labute approximate surface area is 163 Å². The van der Waals surface area contributed by atoms with Crippen LogP contribution in [-0.4, -0.2) is 25.1 Å². The van der Waals surface area contributed by atoms with Crippen LogP contribution >= 0.6 is 23.2 Å². The van der Waals surface area contributed by atoms with Crippen molar-refractivity contribution in [2.24, 2.45) is 5.10 Å². The van der Waals surface area contributed by atoms with E-state index in [2.05, 4.69) is 10.5 Å². The molecule has 1 heterocycles. The molecule has 2 aromatic rings. The first-order valence-electron chi connectivity index (χ1n) is 5.61. The Bertz CT molecular complexity index is 851. The van der Waals surface area contributed by atoms with Crippen LogP contribution in [-0.2, 0) is 10.1 Å². The third-order valence-corrected chi connectivity index (χ3v) is 3.64. The number of halogens is 2. The normalized spacial score (nSPS) is 11.3. The Morgan fingerprint density at radius 3 is 2.52 bits per heavy atom. The fourth-order valence-electron chi connectivity index (χ4n) is 1.43. The Kier molecular flexibility index (Phi) is 7.28. The van der Waals surface area contributed by atoms with E-state index < -0.39 is 21.1 Å².